The largest absolute Gasteiger partial charge is 0.235 e. The van der Waals surface area contributed by atoms with Gasteiger partial charge >= 0.3 is 0 Å². The highest BCUT2D eigenvalue weighted by molar-refractivity contribution is 7.26. The number of hydrogen-bond donors (Lipinski definition) is 0. The van der Waals surface area contributed by atoms with Gasteiger partial charge in [0.05, 0.1) is 15.9 Å². The van der Waals surface area contributed by atoms with Gasteiger partial charge in [-0.25, -0.2) is 24.9 Å². The van der Waals surface area contributed by atoms with E-state index in [2.05, 4.69) is 69.5 Å². The van der Waals surface area contributed by atoms with Gasteiger partial charge in [0.15, 0.2) is 5.82 Å². The lowest BCUT2D eigenvalue weighted by Crippen LogP contribution is -1.99. The van der Waals surface area contributed by atoms with Crippen LogP contribution >= 0.6 is 11.3 Å². The lowest BCUT2D eigenvalue weighted by Gasteiger charge is -2.11. The Labute approximate surface area is 219 Å². The van der Waals surface area contributed by atoms with Crippen LogP contribution < -0.4 is 0 Å². The molecule has 0 saturated heterocycles. The molecule has 3 heterocycles. The van der Waals surface area contributed by atoms with E-state index in [0.29, 0.717) is 5.82 Å². The van der Waals surface area contributed by atoms with Crippen molar-refractivity contribution in [2.45, 2.75) is 46.0 Å². The summed E-state index contributed by atoms with van der Waals surface area (Å²) in [5.41, 5.74) is 5.47. The number of benzene rings is 3. The lowest BCUT2D eigenvalue weighted by molar-refractivity contribution is 0.547. The van der Waals surface area contributed by atoms with Gasteiger partial charge in [0, 0.05) is 21.2 Å². The number of nitrogens with zero attached hydrogens (tertiary/aromatic N) is 5. The third kappa shape index (κ3) is 4.05. The van der Waals surface area contributed by atoms with E-state index in [-0.39, 0.29) is 0 Å². The highest BCUT2D eigenvalue weighted by Crippen LogP contribution is 2.40. The van der Waals surface area contributed by atoms with E-state index in [1.807, 2.05) is 13.8 Å². The first kappa shape index (κ1) is 22.4. The molecule has 1 fully saturated rings. The van der Waals surface area contributed by atoms with Crippen molar-refractivity contribution in [3.05, 3.63) is 78.1 Å². The first-order valence-corrected chi connectivity index (χ1v) is 13.8. The quantitative estimate of drug-likeness (QED) is 0.246. The molecule has 7 rings (SSSR count). The van der Waals surface area contributed by atoms with Gasteiger partial charge in [-0.05, 0) is 60.7 Å². The van der Waals surface area contributed by atoms with Crippen LogP contribution in [0.15, 0.2) is 60.9 Å². The molecule has 37 heavy (non-hydrogen) atoms. The third-order valence-corrected chi connectivity index (χ3v) is 8.70. The summed E-state index contributed by atoms with van der Waals surface area (Å²) in [6.07, 6.45) is 8.37. The van der Waals surface area contributed by atoms with Crippen molar-refractivity contribution in [2.75, 3.05) is 0 Å². The lowest BCUT2D eigenvalue weighted by atomic mass is 9.97. The van der Waals surface area contributed by atoms with Gasteiger partial charge in [-0.15, -0.1) is 11.3 Å². The summed E-state index contributed by atoms with van der Waals surface area (Å²) in [5.74, 6) is 2.97. The number of hydrogen-bond acceptors (Lipinski definition) is 6. The van der Waals surface area contributed by atoms with Crippen molar-refractivity contribution >= 4 is 42.4 Å². The van der Waals surface area contributed by atoms with Gasteiger partial charge in [-0.2, -0.15) is 0 Å². The Bertz CT molecular complexity index is 1780. The molecule has 6 heteroatoms. The number of fused-ring (bicyclic) bond motifs is 4. The van der Waals surface area contributed by atoms with Gasteiger partial charge in [0.25, 0.3) is 0 Å². The molecule has 3 aromatic carbocycles. The summed E-state index contributed by atoms with van der Waals surface area (Å²) in [7, 11) is 0. The summed E-state index contributed by atoms with van der Waals surface area (Å²) < 4.78 is 2.41. The fraction of sp³-hybridized carbons (Fsp3) is 0.258. The van der Waals surface area contributed by atoms with E-state index in [1.54, 1.807) is 17.7 Å². The number of aryl methyl sites for hydroxylation is 2. The molecule has 0 atom stereocenters. The van der Waals surface area contributed by atoms with Crippen molar-refractivity contribution in [3.8, 4) is 22.6 Å². The molecule has 182 valence electrons. The maximum absolute atomic E-state index is 4.80. The maximum Gasteiger partial charge on any atom is 0.163 e. The minimum Gasteiger partial charge on any atom is -0.235 e. The monoisotopic (exact) mass is 501 g/mol. The molecular formula is C31H27N5S. The van der Waals surface area contributed by atoms with E-state index in [9.17, 15) is 0 Å². The van der Waals surface area contributed by atoms with Crippen LogP contribution in [0.3, 0.4) is 0 Å². The zero-order valence-electron chi connectivity index (χ0n) is 21.0. The van der Waals surface area contributed by atoms with E-state index in [4.69, 9.17) is 9.97 Å². The van der Waals surface area contributed by atoms with E-state index < -0.39 is 0 Å². The average Bonchev–Trinajstić information content (AvgIpc) is 3.54. The van der Waals surface area contributed by atoms with Crippen molar-refractivity contribution in [2.24, 2.45) is 5.92 Å². The molecule has 0 spiro atoms. The summed E-state index contributed by atoms with van der Waals surface area (Å²) >= 11 is 1.80. The molecule has 1 aliphatic carbocycles. The predicted molar refractivity (Wildman–Crippen MR) is 152 cm³/mol. The molecule has 6 aromatic rings. The van der Waals surface area contributed by atoms with Crippen LogP contribution in [0.25, 0.3) is 53.7 Å². The smallest absolute Gasteiger partial charge is 0.163 e. The minimum atomic E-state index is 0.696. The van der Waals surface area contributed by atoms with Crippen LogP contribution in [0.5, 0.6) is 0 Å². The fourth-order valence-corrected chi connectivity index (χ4v) is 7.10. The zero-order chi connectivity index (χ0) is 24.9. The van der Waals surface area contributed by atoms with Crippen LogP contribution in [-0.2, 0) is 6.42 Å². The van der Waals surface area contributed by atoms with Gasteiger partial charge in [-0.3, -0.25) is 0 Å². The second kappa shape index (κ2) is 8.96. The molecule has 5 nitrogen and oxygen atoms in total. The minimum absolute atomic E-state index is 0.696. The molecule has 0 unspecified atom stereocenters. The molecule has 1 saturated carbocycles. The van der Waals surface area contributed by atoms with Gasteiger partial charge < -0.3 is 0 Å². The highest BCUT2D eigenvalue weighted by Gasteiger charge is 2.19. The Balaban J connectivity index is 1.40. The van der Waals surface area contributed by atoms with Crippen molar-refractivity contribution in [3.63, 3.8) is 0 Å². The Hall–Kier alpha value is -3.77. The van der Waals surface area contributed by atoms with Gasteiger partial charge in [0.1, 0.15) is 18.0 Å². The Morgan fingerprint density at radius 3 is 2.49 bits per heavy atom. The molecular weight excluding hydrogens is 474 g/mol. The molecule has 1 aliphatic rings. The molecule has 0 bridgehead atoms. The average molecular weight is 502 g/mol. The van der Waals surface area contributed by atoms with Crippen molar-refractivity contribution in [1.82, 2.24) is 24.9 Å². The molecule has 0 N–H and O–H groups in total. The Kier molecular flexibility index (Phi) is 5.43. The number of rotatable bonds is 4. The first-order valence-electron chi connectivity index (χ1n) is 13.0. The maximum atomic E-state index is 4.80. The standard InChI is InChI=1S/C31H27N5S/c1-18-34-19(2)36-31(35-18)26-16-23(15-22-9-5-6-10-24(22)26)28-30-29(33-17-32-28)25-12-11-21(14-27(25)37-30)13-20-7-3-4-8-20/h5-6,9-12,14-17,20H,3-4,7-8,13H2,1-2H3. The SMILES string of the molecule is Cc1nc(C)nc(-c2cc(-c3ncnc4c3sc3cc(CC5CCCC5)ccc34)cc3ccccc23)n1. The van der Waals surface area contributed by atoms with E-state index in [1.165, 1.54) is 47.8 Å². The van der Waals surface area contributed by atoms with Crippen LogP contribution in [0.1, 0.15) is 42.9 Å². The molecule has 0 radical (unpaired) electrons. The van der Waals surface area contributed by atoms with Gasteiger partial charge in [-0.1, -0.05) is 62.1 Å². The molecule has 0 amide bonds. The summed E-state index contributed by atoms with van der Waals surface area (Å²) in [5, 5.41) is 3.47. The first-order chi connectivity index (χ1) is 18.1. The van der Waals surface area contributed by atoms with Gasteiger partial charge in [0.2, 0.25) is 0 Å². The number of aromatic nitrogens is 5. The zero-order valence-corrected chi connectivity index (χ0v) is 21.8. The number of thiophene rings is 1. The normalized spacial score (nSPS) is 14.3. The topological polar surface area (TPSA) is 64.5 Å². The van der Waals surface area contributed by atoms with E-state index in [0.717, 1.165) is 55.4 Å². The molecule has 3 aromatic heterocycles. The summed E-state index contributed by atoms with van der Waals surface area (Å²) in [6.45, 7) is 3.83. The highest BCUT2D eigenvalue weighted by atomic mass is 32.1. The Morgan fingerprint density at radius 1 is 0.838 bits per heavy atom. The van der Waals surface area contributed by atoms with E-state index >= 15 is 0 Å². The van der Waals surface area contributed by atoms with Crippen LogP contribution in [-0.4, -0.2) is 24.9 Å². The summed E-state index contributed by atoms with van der Waals surface area (Å²) in [6, 6.07) is 19.7. The Morgan fingerprint density at radius 2 is 1.65 bits per heavy atom. The van der Waals surface area contributed by atoms with Crippen LogP contribution in [0.2, 0.25) is 0 Å². The second-order valence-electron chi connectivity index (χ2n) is 10.2. The van der Waals surface area contributed by atoms with Crippen LogP contribution in [0.4, 0.5) is 0 Å². The van der Waals surface area contributed by atoms with Crippen molar-refractivity contribution in [1.29, 1.82) is 0 Å². The van der Waals surface area contributed by atoms with Crippen LogP contribution in [0, 0.1) is 19.8 Å². The summed E-state index contributed by atoms with van der Waals surface area (Å²) in [4.78, 5) is 23.3. The predicted octanol–water partition coefficient (Wildman–Crippen LogP) is 7.87. The molecule has 0 aliphatic heterocycles. The van der Waals surface area contributed by atoms with Crippen molar-refractivity contribution < 1.29 is 0 Å². The third-order valence-electron chi connectivity index (χ3n) is 7.55. The fourth-order valence-electron chi connectivity index (χ4n) is 5.87. The second-order valence-corrected chi connectivity index (χ2v) is 11.2.